The lowest BCUT2D eigenvalue weighted by atomic mass is 9.72. The minimum absolute atomic E-state index is 0.830. The molecule has 0 radical (unpaired) electrons. The van der Waals surface area contributed by atoms with Gasteiger partial charge in [0.15, 0.2) is 0 Å². The number of piperidine rings is 2. The molecule has 3 aliphatic rings. The van der Waals surface area contributed by atoms with Crippen LogP contribution in [0.1, 0.15) is 25.7 Å². The third-order valence-corrected chi connectivity index (χ3v) is 3.35. The van der Waals surface area contributed by atoms with Crippen LogP contribution in [-0.2, 0) is 0 Å². The molecule has 1 saturated carbocycles. The first-order chi connectivity index (χ1) is 5.40. The highest BCUT2D eigenvalue weighted by molar-refractivity contribution is 4.90. The molecule has 2 heteroatoms. The molecule has 2 nitrogen and oxygen atoms in total. The van der Waals surface area contributed by atoms with Crippen molar-refractivity contribution in [2.75, 3.05) is 13.1 Å². The summed E-state index contributed by atoms with van der Waals surface area (Å²) in [7, 11) is 0. The molecular formula is C9H18N2. The van der Waals surface area contributed by atoms with Crippen LogP contribution in [0.4, 0.5) is 0 Å². The zero-order valence-corrected chi connectivity index (χ0v) is 7.05. The predicted molar refractivity (Wildman–Crippen MR) is 46.3 cm³/mol. The van der Waals surface area contributed by atoms with Crippen molar-refractivity contribution in [2.45, 2.75) is 31.7 Å². The van der Waals surface area contributed by atoms with E-state index >= 15 is 0 Å². The Labute approximate surface area is 68.5 Å². The Bertz CT molecular complexity index is 128. The summed E-state index contributed by atoms with van der Waals surface area (Å²) in [5.74, 6) is 1.89. The summed E-state index contributed by atoms with van der Waals surface area (Å²) in [6, 6.07) is 0.830. The van der Waals surface area contributed by atoms with Gasteiger partial charge in [0.25, 0.3) is 0 Å². The van der Waals surface area contributed by atoms with Crippen LogP contribution in [0, 0.1) is 11.8 Å². The van der Waals surface area contributed by atoms with Gasteiger partial charge in [-0.1, -0.05) is 0 Å². The number of hydrogen-bond acceptors (Lipinski definition) is 2. The van der Waals surface area contributed by atoms with Crippen molar-refractivity contribution in [1.29, 1.82) is 0 Å². The van der Waals surface area contributed by atoms with Crippen LogP contribution in [0.5, 0.6) is 0 Å². The van der Waals surface area contributed by atoms with E-state index in [4.69, 9.17) is 5.73 Å². The summed E-state index contributed by atoms with van der Waals surface area (Å²) in [4.78, 5) is 0. The van der Waals surface area contributed by atoms with Gasteiger partial charge in [-0.3, -0.25) is 0 Å². The molecule has 2 bridgehead atoms. The van der Waals surface area contributed by atoms with Crippen molar-refractivity contribution in [3.63, 3.8) is 0 Å². The van der Waals surface area contributed by atoms with Crippen molar-refractivity contribution >= 4 is 0 Å². The van der Waals surface area contributed by atoms with E-state index in [1.54, 1.807) is 0 Å². The minimum Gasteiger partial charge on any atom is -0.330 e. The second kappa shape index (κ2) is 3.11. The van der Waals surface area contributed by atoms with Gasteiger partial charge in [0.1, 0.15) is 0 Å². The van der Waals surface area contributed by atoms with Gasteiger partial charge in [-0.15, -0.1) is 0 Å². The van der Waals surface area contributed by atoms with Gasteiger partial charge < -0.3 is 11.1 Å². The van der Waals surface area contributed by atoms with Gasteiger partial charge in [-0.05, 0) is 50.6 Å². The summed E-state index contributed by atoms with van der Waals surface area (Å²) < 4.78 is 0. The van der Waals surface area contributed by atoms with Gasteiger partial charge in [0, 0.05) is 6.04 Å². The molecule has 0 aromatic carbocycles. The first-order valence-electron chi connectivity index (χ1n) is 4.83. The highest BCUT2D eigenvalue weighted by atomic mass is 14.9. The van der Waals surface area contributed by atoms with Gasteiger partial charge >= 0.3 is 0 Å². The van der Waals surface area contributed by atoms with Crippen molar-refractivity contribution in [3.05, 3.63) is 0 Å². The lowest BCUT2D eigenvalue weighted by molar-refractivity contribution is 0.127. The van der Waals surface area contributed by atoms with Crippen LogP contribution < -0.4 is 11.1 Å². The smallest absolute Gasteiger partial charge is 0.00700 e. The van der Waals surface area contributed by atoms with E-state index in [0.29, 0.717) is 0 Å². The molecular weight excluding hydrogens is 136 g/mol. The molecule has 2 aliphatic heterocycles. The monoisotopic (exact) mass is 154 g/mol. The molecule has 2 heterocycles. The molecule has 3 N–H and O–H groups in total. The Morgan fingerprint density at radius 3 is 2.73 bits per heavy atom. The number of nitrogens with one attached hydrogen (secondary N) is 1. The average Bonchev–Trinajstić information content (AvgIpc) is 2.07. The van der Waals surface area contributed by atoms with Gasteiger partial charge in [0.2, 0.25) is 0 Å². The van der Waals surface area contributed by atoms with E-state index < -0.39 is 0 Å². The summed E-state index contributed by atoms with van der Waals surface area (Å²) >= 11 is 0. The predicted octanol–water partition coefficient (Wildman–Crippen LogP) is 0.723. The second-order valence-electron chi connectivity index (χ2n) is 4.02. The van der Waals surface area contributed by atoms with Crippen LogP contribution in [-0.4, -0.2) is 19.1 Å². The normalized spacial score (nSPS) is 42.8. The molecule has 3 rings (SSSR count). The quantitative estimate of drug-likeness (QED) is 0.615. The zero-order valence-electron chi connectivity index (χ0n) is 7.05. The van der Waals surface area contributed by atoms with Crippen molar-refractivity contribution in [2.24, 2.45) is 17.6 Å². The largest absolute Gasteiger partial charge is 0.330 e. The Morgan fingerprint density at radius 2 is 2.27 bits per heavy atom. The molecule has 3 fully saturated rings. The molecule has 0 aromatic heterocycles. The first-order valence-corrected chi connectivity index (χ1v) is 4.83. The lowest BCUT2D eigenvalue weighted by Gasteiger charge is -2.43. The first kappa shape index (κ1) is 7.56. The third kappa shape index (κ3) is 1.42. The zero-order chi connectivity index (χ0) is 7.68. The Hall–Kier alpha value is -0.0800. The molecule has 64 valence electrons. The van der Waals surface area contributed by atoms with Gasteiger partial charge in [-0.25, -0.2) is 0 Å². The fourth-order valence-corrected chi connectivity index (χ4v) is 2.67. The maximum Gasteiger partial charge on any atom is 0.00700 e. The third-order valence-electron chi connectivity index (χ3n) is 3.35. The lowest BCUT2D eigenvalue weighted by Crippen LogP contribution is -2.49. The topological polar surface area (TPSA) is 38.0 Å². The Morgan fingerprint density at radius 1 is 1.36 bits per heavy atom. The van der Waals surface area contributed by atoms with E-state index in [-0.39, 0.29) is 0 Å². The SMILES string of the molecule is NCCC1CC2CCC1CN2. The molecule has 2 saturated heterocycles. The second-order valence-corrected chi connectivity index (χ2v) is 4.02. The maximum absolute atomic E-state index is 5.57. The van der Waals surface area contributed by atoms with E-state index in [1.165, 1.54) is 32.2 Å². The summed E-state index contributed by atoms with van der Waals surface area (Å²) in [5.41, 5.74) is 5.57. The van der Waals surface area contributed by atoms with Crippen LogP contribution in [0.2, 0.25) is 0 Å². The Balaban J connectivity index is 1.92. The van der Waals surface area contributed by atoms with E-state index in [0.717, 1.165) is 24.4 Å². The van der Waals surface area contributed by atoms with Crippen molar-refractivity contribution in [1.82, 2.24) is 5.32 Å². The van der Waals surface area contributed by atoms with Crippen molar-refractivity contribution in [3.8, 4) is 0 Å². The number of hydrogen-bond donors (Lipinski definition) is 2. The van der Waals surface area contributed by atoms with E-state index in [1.807, 2.05) is 0 Å². The number of nitrogens with two attached hydrogens (primary N) is 1. The number of fused-ring (bicyclic) bond motifs is 3. The maximum atomic E-state index is 5.57. The minimum atomic E-state index is 0.830. The molecule has 11 heavy (non-hydrogen) atoms. The van der Waals surface area contributed by atoms with Crippen molar-refractivity contribution < 1.29 is 0 Å². The standard InChI is InChI=1S/C9H18N2/c10-4-3-7-5-9-2-1-8(7)6-11-9/h7-9,11H,1-6,10H2. The molecule has 1 aliphatic carbocycles. The highest BCUT2D eigenvalue weighted by Crippen LogP contribution is 2.35. The van der Waals surface area contributed by atoms with Crippen LogP contribution in [0.15, 0.2) is 0 Å². The summed E-state index contributed by atoms with van der Waals surface area (Å²) in [5, 5.41) is 3.57. The highest BCUT2D eigenvalue weighted by Gasteiger charge is 2.34. The van der Waals surface area contributed by atoms with Gasteiger partial charge in [-0.2, -0.15) is 0 Å². The van der Waals surface area contributed by atoms with Crippen LogP contribution in [0.3, 0.4) is 0 Å². The number of rotatable bonds is 2. The Kier molecular flexibility index (Phi) is 2.14. The molecule has 0 spiro atoms. The molecule has 3 unspecified atom stereocenters. The fraction of sp³-hybridized carbons (Fsp3) is 1.00. The van der Waals surface area contributed by atoms with Crippen LogP contribution in [0.25, 0.3) is 0 Å². The van der Waals surface area contributed by atoms with Crippen LogP contribution >= 0.6 is 0 Å². The van der Waals surface area contributed by atoms with E-state index in [2.05, 4.69) is 5.32 Å². The van der Waals surface area contributed by atoms with Gasteiger partial charge in [0.05, 0.1) is 0 Å². The average molecular weight is 154 g/mol. The molecule has 0 amide bonds. The fourth-order valence-electron chi connectivity index (χ4n) is 2.67. The van der Waals surface area contributed by atoms with E-state index in [9.17, 15) is 0 Å². The summed E-state index contributed by atoms with van der Waals surface area (Å²) in [6.07, 6.45) is 5.50. The molecule has 0 aromatic rings. The molecule has 3 atom stereocenters. The summed E-state index contributed by atoms with van der Waals surface area (Å²) in [6.45, 7) is 2.14.